The maximum absolute atomic E-state index is 11.7. The zero-order valence-corrected chi connectivity index (χ0v) is 10.7. The van der Waals surface area contributed by atoms with Gasteiger partial charge in [0, 0.05) is 11.9 Å². The number of amidine groups is 1. The Bertz CT molecular complexity index is 370. The Balaban J connectivity index is 3.02. The van der Waals surface area contributed by atoms with E-state index in [1.54, 1.807) is 20.8 Å². The average Bonchev–Trinajstić information content (AvgIpc) is 2.66. The minimum absolute atomic E-state index is 0.164. The molecule has 0 bridgehead atoms. The lowest BCUT2D eigenvalue weighted by atomic mass is 10.3. The normalized spacial score (nSPS) is 13.8. The zero-order chi connectivity index (χ0) is 12.8. The highest BCUT2D eigenvalue weighted by Gasteiger charge is 2.28. The van der Waals surface area contributed by atoms with Crippen LogP contribution in [0.4, 0.5) is 0 Å². The van der Waals surface area contributed by atoms with Gasteiger partial charge in [-0.1, -0.05) is 0 Å². The van der Waals surface area contributed by atoms with Crippen molar-refractivity contribution in [2.24, 2.45) is 4.99 Å². The highest BCUT2D eigenvalue weighted by Crippen LogP contribution is 2.25. The van der Waals surface area contributed by atoms with Crippen LogP contribution in [0.3, 0.4) is 0 Å². The highest BCUT2D eigenvalue weighted by atomic mass is 32.2. The SMILES string of the molecule is CCOC(=O)C(C(=O)OCC)=C1N=C(C)NS1. The van der Waals surface area contributed by atoms with E-state index in [0.29, 0.717) is 5.84 Å². The Morgan fingerprint density at radius 3 is 2.12 bits per heavy atom. The van der Waals surface area contributed by atoms with Crippen LogP contribution in [0.1, 0.15) is 20.8 Å². The number of nitrogens with one attached hydrogen (secondary N) is 1. The molecule has 1 aliphatic rings. The summed E-state index contributed by atoms with van der Waals surface area (Å²) in [6.07, 6.45) is 0. The van der Waals surface area contributed by atoms with Gasteiger partial charge in [-0.05, 0) is 20.8 Å². The Labute approximate surface area is 104 Å². The van der Waals surface area contributed by atoms with E-state index < -0.39 is 11.9 Å². The van der Waals surface area contributed by atoms with E-state index in [0.717, 1.165) is 11.9 Å². The summed E-state index contributed by atoms with van der Waals surface area (Å²) in [4.78, 5) is 27.4. The minimum Gasteiger partial charge on any atom is -0.462 e. The number of ether oxygens (including phenoxy) is 2. The van der Waals surface area contributed by atoms with Crippen molar-refractivity contribution in [1.29, 1.82) is 0 Å². The van der Waals surface area contributed by atoms with Gasteiger partial charge in [-0.3, -0.25) is 0 Å². The fourth-order valence-corrected chi connectivity index (χ4v) is 1.83. The lowest BCUT2D eigenvalue weighted by Crippen LogP contribution is -2.19. The highest BCUT2D eigenvalue weighted by molar-refractivity contribution is 8.02. The number of esters is 2. The molecule has 1 rings (SSSR count). The van der Waals surface area contributed by atoms with Crippen molar-refractivity contribution in [2.75, 3.05) is 13.2 Å². The summed E-state index contributed by atoms with van der Waals surface area (Å²) in [7, 11) is 0. The van der Waals surface area contributed by atoms with E-state index in [4.69, 9.17) is 9.47 Å². The second-order valence-electron chi connectivity index (χ2n) is 3.02. The van der Waals surface area contributed by atoms with Gasteiger partial charge in [0.2, 0.25) is 0 Å². The predicted octanol–water partition coefficient (Wildman–Crippen LogP) is 0.994. The molecule has 1 heterocycles. The molecule has 0 unspecified atom stereocenters. The Kier molecular flexibility index (Phi) is 5.02. The van der Waals surface area contributed by atoms with Crippen molar-refractivity contribution in [2.45, 2.75) is 20.8 Å². The lowest BCUT2D eigenvalue weighted by molar-refractivity contribution is -0.146. The van der Waals surface area contributed by atoms with Crippen molar-refractivity contribution in [3.63, 3.8) is 0 Å². The van der Waals surface area contributed by atoms with Gasteiger partial charge in [-0.25, -0.2) is 14.6 Å². The summed E-state index contributed by atoms with van der Waals surface area (Å²) >= 11 is 1.09. The van der Waals surface area contributed by atoms with E-state index in [1.807, 2.05) is 0 Å². The van der Waals surface area contributed by atoms with E-state index >= 15 is 0 Å². The molecule has 1 N–H and O–H groups in total. The molecule has 0 aromatic rings. The van der Waals surface area contributed by atoms with Gasteiger partial charge in [0.25, 0.3) is 0 Å². The second kappa shape index (κ2) is 6.29. The Hall–Kier alpha value is -1.50. The van der Waals surface area contributed by atoms with Crippen LogP contribution in [0.15, 0.2) is 15.6 Å². The maximum Gasteiger partial charge on any atom is 0.348 e. The van der Waals surface area contributed by atoms with Crippen LogP contribution < -0.4 is 4.72 Å². The van der Waals surface area contributed by atoms with Crippen LogP contribution >= 0.6 is 11.9 Å². The van der Waals surface area contributed by atoms with Crippen LogP contribution in [0.5, 0.6) is 0 Å². The first-order valence-corrected chi connectivity index (χ1v) is 5.98. The van der Waals surface area contributed by atoms with Crippen LogP contribution in [-0.2, 0) is 19.1 Å². The largest absolute Gasteiger partial charge is 0.462 e. The molecule has 1 aliphatic heterocycles. The van der Waals surface area contributed by atoms with Gasteiger partial charge in [-0.2, -0.15) is 0 Å². The van der Waals surface area contributed by atoms with Crippen molar-refractivity contribution in [1.82, 2.24) is 4.72 Å². The first-order valence-electron chi connectivity index (χ1n) is 5.16. The summed E-state index contributed by atoms with van der Waals surface area (Å²) in [5.74, 6) is -0.807. The predicted molar refractivity (Wildman–Crippen MR) is 64.1 cm³/mol. The molecule has 0 amide bonds. The molecule has 0 aromatic heterocycles. The molecular formula is C10H14N2O4S. The molecule has 94 valence electrons. The van der Waals surface area contributed by atoms with Gasteiger partial charge in [-0.15, -0.1) is 0 Å². The molecule has 0 spiro atoms. The number of carbonyl (C=O) groups is 2. The standard InChI is InChI=1S/C10H14N2O4S/c1-4-15-9(13)7(10(14)16-5-2)8-11-6(3)12-17-8/h4-5H2,1-3H3,(H,11,12). The number of carbonyl (C=O) groups excluding carboxylic acids is 2. The summed E-state index contributed by atoms with van der Waals surface area (Å²) in [5, 5.41) is 0.277. The smallest absolute Gasteiger partial charge is 0.348 e. The van der Waals surface area contributed by atoms with E-state index in [-0.39, 0.29) is 23.8 Å². The molecule has 0 saturated carbocycles. The zero-order valence-electron chi connectivity index (χ0n) is 9.90. The summed E-state index contributed by atoms with van der Waals surface area (Å²) in [6, 6.07) is 0. The van der Waals surface area contributed by atoms with Gasteiger partial charge >= 0.3 is 11.9 Å². The second-order valence-corrected chi connectivity index (χ2v) is 3.82. The number of hydrogen-bond donors (Lipinski definition) is 1. The molecule has 17 heavy (non-hydrogen) atoms. The number of rotatable bonds is 4. The van der Waals surface area contributed by atoms with Crippen molar-refractivity contribution in [3.05, 3.63) is 10.6 Å². The Morgan fingerprint density at radius 2 is 1.76 bits per heavy atom. The molecule has 0 saturated heterocycles. The van der Waals surface area contributed by atoms with Crippen LogP contribution in [0, 0.1) is 0 Å². The first-order chi connectivity index (χ1) is 8.10. The molecule has 0 atom stereocenters. The van der Waals surface area contributed by atoms with Crippen LogP contribution in [-0.4, -0.2) is 31.0 Å². The van der Waals surface area contributed by atoms with Gasteiger partial charge in [0.15, 0.2) is 5.57 Å². The fourth-order valence-electron chi connectivity index (χ4n) is 1.09. The third-order valence-electron chi connectivity index (χ3n) is 1.74. The number of hydrogen-bond acceptors (Lipinski definition) is 7. The number of aliphatic imine (C=N–C) groups is 1. The molecular weight excluding hydrogens is 244 g/mol. The van der Waals surface area contributed by atoms with Gasteiger partial charge in [0.05, 0.1) is 13.2 Å². The molecule has 0 aromatic carbocycles. The molecule has 0 fully saturated rings. The van der Waals surface area contributed by atoms with Crippen molar-refractivity contribution in [3.8, 4) is 0 Å². The van der Waals surface area contributed by atoms with Crippen LogP contribution in [0.2, 0.25) is 0 Å². The maximum atomic E-state index is 11.7. The monoisotopic (exact) mass is 258 g/mol. The molecule has 6 nitrogen and oxygen atoms in total. The molecule has 0 radical (unpaired) electrons. The van der Waals surface area contributed by atoms with Gasteiger partial charge in [0.1, 0.15) is 10.9 Å². The Morgan fingerprint density at radius 1 is 1.24 bits per heavy atom. The van der Waals surface area contributed by atoms with Crippen molar-refractivity contribution >= 4 is 29.7 Å². The molecule has 7 heteroatoms. The summed E-state index contributed by atoms with van der Waals surface area (Å²) in [6.45, 7) is 5.44. The molecule has 0 aliphatic carbocycles. The fraction of sp³-hybridized carbons (Fsp3) is 0.500. The quantitative estimate of drug-likeness (QED) is 0.266. The average molecular weight is 258 g/mol. The minimum atomic E-state index is -0.714. The third-order valence-corrected chi connectivity index (χ3v) is 2.62. The first kappa shape index (κ1) is 13.6. The summed E-state index contributed by atoms with van der Waals surface area (Å²) < 4.78 is 12.5. The van der Waals surface area contributed by atoms with E-state index in [1.165, 1.54) is 0 Å². The number of nitrogens with zero attached hydrogens (tertiary/aromatic N) is 1. The van der Waals surface area contributed by atoms with Crippen molar-refractivity contribution < 1.29 is 19.1 Å². The lowest BCUT2D eigenvalue weighted by Gasteiger charge is -2.07. The van der Waals surface area contributed by atoms with Gasteiger partial charge < -0.3 is 14.2 Å². The van der Waals surface area contributed by atoms with E-state index in [9.17, 15) is 9.59 Å². The van der Waals surface area contributed by atoms with E-state index in [2.05, 4.69) is 9.71 Å². The van der Waals surface area contributed by atoms with Crippen LogP contribution in [0.25, 0.3) is 0 Å². The topological polar surface area (TPSA) is 77.0 Å². The summed E-state index contributed by atoms with van der Waals surface area (Å²) in [5.41, 5.74) is -0.164. The third kappa shape index (κ3) is 3.48.